The Labute approximate surface area is 151 Å². The van der Waals surface area contributed by atoms with Crippen molar-refractivity contribution in [2.75, 3.05) is 0 Å². The first-order valence-electron chi connectivity index (χ1n) is 9.46. The summed E-state index contributed by atoms with van der Waals surface area (Å²) in [7, 11) is -1.93. The highest BCUT2D eigenvalue weighted by Crippen LogP contribution is 2.37. The molecule has 3 heteroatoms. The molecule has 2 aromatic carbocycles. The van der Waals surface area contributed by atoms with E-state index in [0.29, 0.717) is 0 Å². The van der Waals surface area contributed by atoms with Crippen LogP contribution in [0.2, 0.25) is 5.54 Å². The van der Waals surface area contributed by atoms with Crippen LogP contribution in [-0.4, -0.2) is 17.6 Å². The van der Waals surface area contributed by atoms with Crippen LogP contribution in [0.4, 0.5) is 0 Å². The molecule has 1 aliphatic rings. The van der Waals surface area contributed by atoms with E-state index in [1.807, 2.05) is 12.5 Å². The molecular weight excluding hydrogens is 320 g/mol. The molecule has 0 amide bonds. The van der Waals surface area contributed by atoms with Crippen LogP contribution in [-0.2, 0) is 6.17 Å². The number of aromatic nitrogens is 2. The number of hydrogen-bond acceptors (Lipinski definition) is 1. The number of hydrogen-bond donors (Lipinski definition) is 0. The van der Waals surface area contributed by atoms with Gasteiger partial charge < -0.3 is 4.57 Å². The molecule has 0 saturated heterocycles. The van der Waals surface area contributed by atoms with E-state index < -0.39 is 8.07 Å². The molecule has 128 valence electrons. The van der Waals surface area contributed by atoms with Gasteiger partial charge in [0, 0.05) is 18.6 Å². The van der Waals surface area contributed by atoms with Gasteiger partial charge in [0.15, 0.2) is 0 Å². The van der Waals surface area contributed by atoms with Crippen LogP contribution in [0, 0.1) is 0 Å². The van der Waals surface area contributed by atoms with Crippen LogP contribution in [0.15, 0.2) is 79.4 Å². The van der Waals surface area contributed by atoms with Gasteiger partial charge in [-0.3, -0.25) is 0 Å². The molecule has 1 aromatic heterocycles. The molecule has 0 atom stereocenters. The minimum atomic E-state index is -1.93. The van der Waals surface area contributed by atoms with E-state index in [4.69, 9.17) is 0 Å². The summed E-state index contributed by atoms with van der Waals surface area (Å²) in [4.78, 5) is 4.32. The lowest BCUT2D eigenvalue weighted by molar-refractivity contribution is 0.491. The van der Waals surface area contributed by atoms with Crippen LogP contribution in [0.3, 0.4) is 0 Å². The van der Waals surface area contributed by atoms with E-state index in [0.717, 1.165) is 11.7 Å². The Morgan fingerprint density at radius 1 is 0.840 bits per heavy atom. The Hall–Kier alpha value is -2.13. The first kappa shape index (κ1) is 16.3. The Bertz CT molecular complexity index is 723. The number of benzene rings is 2. The van der Waals surface area contributed by atoms with Crippen LogP contribution < -0.4 is 10.4 Å². The summed E-state index contributed by atoms with van der Waals surface area (Å²) in [6, 6.07) is 22.7. The Morgan fingerprint density at radius 3 is 1.96 bits per heavy atom. The molecule has 0 spiro atoms. The molecule has 25 heavy (non-hydrogen) atoms. The van der Waals surface area contributed by atoms with E-state index in [2.05, 4.69) is 76.4 Å². The number of rotatable bonds is 5. The lowest BCUT2D eigenvalue weighted by Gasteiger charge is -2.42. The van der Waals surface area contributed by atoms with Crippen molar-refractivity contribution in [1.82, 2.24) is 9.55 Å². The second kappa shape index (κ2) is 7.40. The van der Waals surface area contributed by atoms with Gasteiger partial charge in [-0.15, -0.1) is 0 Å². The highest BCUT2D eigenvalue weighted by Gasteiger charge is 2.45. The van der Waals surface area contributed by atoms with Gasteiger partial charge in [0.1, 0.15) is 8.07 Å². The Morgan fingerprint density at radius 2 is 1.44 bits per heavy atom. The number of imidazole rings is 1. The van der Waals surface area contributed by atoms with Crippen molar-refractivity contribution in [3.8, 4) is 0 Å². The molecule has 0 radical (unpaired) electrons. The van der Waals surface area contributed by atoms with Crippen LogP contribution >= 0.6 is 0 Å². The lowest BCUT2D eigenvalue weighted by Crippen LogP contribution is -2.64. The second-order valence-electron chi connectivity index (χ2n) is 7.27. The maximum absolute atomic E-state index is 4.32. The summed E-state index contributed by atoms with van der Waals surface area (Å²) in [6.45, 7) is 0. The Balaban J connectivity index is 1.90. The second-order valence-corrected chi connectivity index (χ2v) is 11.5. The molecule has 1 aliphatic carbocycles. The summed E-state index contributed by atoms with van der Waals surface area (Å²) in [5, 5.41) is 3.14. The first-order valence-corrected chi connectivity index (χ1v) is 11.7. The molecule has 4 rings (SSSR count). The highest BCUT2D eigenvalue weighted by atomic mass is 28.3. The zero-order valence-electron chi connectivity index (χ0n) is 14.7. The van der Waals surface area contributed by atoms with Crippen LogP contribution in [0.25, 0.3) is 0 Å². The van der Waals surface area contributed by atoms with E-state index >= 15 is 0 Å². The summed E-state index contributed by atoms with van der Waals surface area (Å²) < 4.78 is 2.32. The van der Waals surface area contributed by atoms with Crippen molar-refractivity contribution in [2.45, 2.75) is 43.8 Å². The van der Waals surface area contributed by atoms with Crippen molar-refractivity contribution >= 4 is 18.4 Å². The molecular formula is C22H26N2Si. The van der Waals surface area contributed by atoms with Crippen molar-refractivity contribution in [2.24, 2.45) is 0 Å². The zero-order valence-corrected chi connectivity index (χ0v) is 15.7. The van der Waals surface area contributed by atoms with E-state index in [9.17, 15) is 0 Å². The average Bonchev–Trinajstić information content (AvgIpc) is 3.21. The summed E-state index contributed by atoms with van der Waals surface area (Å²) in [5.74, 6) is 0. The first-order chi connectivity index (χ1) is 12.4. The molecule has 1 heterocycles. The van der Waals surface area contributed by atoms with Gasteiger partial charge in [-0.05, 0) is 5.54 Å². The molecule has 0 bridgehead atoms. The number of nitrogens with zero attached hydrogens (tertiary/aromatic N) is 2. The van der Waals surface area contributed by atoms with Crippen LogP contribution in [0.5, 0.6) is 0 Å². The summed E-state index contributed by atoms with van der Waals surface area (Å²) in [6.07, 6.45) is 14.0. The predicted molar refractivity (Wildman–Crippen MR) is 107 cm³/mol. The third-order valence-corrected chi connectivity index (χ3v) is 11.4. The smallest absolute Gasteiger partial charge is 0.140 e. The molecule has 1 saturated carbocycles. The highest BCUT2D eigenvalue weighted by molar-refractivity contribution is 7.02. The molecule has 2 nitrogen and oxygen atoms in total. The van der Waals surface area contributed by atoms with E-state index in [-0.39, 0.29) is 0 Å². The molecule has 0 unspecified atom stereocenters. The van der Waals surface area contributed by atoms with Gasteiger partial charge in [-0.2, -0.15) is 0 Å². The van der Waals surface area contributed by atoms with E-state index in [1.54, 1.807) is 10.4 Å². The molecule has 0 N–H and O–H groups in total. The third-order valence-electron chi connectivity index (χ3n) is 5.87. The van der Waals surface area contributed by atoms with E-state index in [1.165, 1.54) is 32.1 Å². The third kappa shape index (κ3) is 3.21. The van der Waals surface area contributed by atoms with Crippen molar-refractivity contribution in [3.05, 3.63) is 79.4 Å². The fourth-order valence-corrected chi connectivity index (χ4v) is 10.3. The van der Waals surface area contributed by atoms with Gasteiger partial charge in [0.25, 0.3) is 0 Å². The largest absolute Gasteiger partial charge is 0.340 e. The normalized spacial score (nSPS) is 16.0. The topological polar surface area (TPSA) is 17.8 Å². The van der Waals surface area contributed by atoms with Crippen molar-refractivity contribution < 1.29 is 0 Å². The molecule has 0 aliphatic heterocycles. The molecule has 1 fully saturated rings. The molecule has 3 aromatic rings. The zero-order chi connectivity index (χ0) is 17.0. The quantitative estimate of drug-likeness (QED) is 0.638. The minimum Gasteiger partial charge on any atom is -0.340 e. The fourth-order valence-electron chi connectivity index (χ4n) is 4.68. The van der Waals surface area contributed by atoms with Gasteiger partial charge >= 0.3 is 0 Å². The summed E-state index contributed by atoms with van der Waals surface area (Å²) in [5.41, 5.74) is 0.799. The lowest BCUT2D eigenvalue weighted by atomic mass is 10.0. The SMILES string of the molecule is c1ccc([Si](Cn2ccnc2)(c2ccccc2)C2CCCCC2)cc1. The average molecular weight is 347 g/mol. The maximum Gasteiger partial charge on any atom is 0.140 e. The van der Waals surface area contributed by atoms with Crippen molar-refractivity contribution in [3.63, 3.8) is 0 Å². The minimum absolute atomic E-state index is 0.799. The fraction of sp³-hybridized carbons (Fsp3) is 0.318. The maximum atomic E-state index is 4.32. The van der Waals surface area contributed by atoms with Gasteiger partial charge in [-0.1, -0.05) is 103 Å². The Kier molecular flexibility index (Phi) is 4.84. The monoisotopic (exact) mass is 346 g/mol. The standard InChI is InChI=1S/C22H26N2Si/c1-4-10-20(11-5-1)25(19-24-17-16-23-18-24,21-12-6-2-7-13-21)22-14-8-3-9-15-22/h1-2,4-7,10-13,16-18,22H,3,8-9,14-15,19H2. The van der Waals surface area contributed by atoms with Gasteiger partial charge in [0.05, 0.1) is 6.33 Å². The predicted octanol–water partition coefficient (Wildman–Crippen LogP) is 4.02. The summed E-state index contributed by atoms with van der Waals surface area (Å²) >= 11 is 0. The van der Waals surface area contributed by atoms with Crippen molar-refractivity contribution in [1.29, 1.82) is 0 Å². The van der Waals surface area contributed by atoms with Gasteiger partial charge in [0.2, 0.25) is 0 Å². The van der Waals surface area contributed by atoms with Crippen LogP contribution in [0.1, 0.15) is 32.1 Å². The van der Waals surface area contributed by atoms with Gasteiger partial charge in [-0.25, -0.2) is 4.98 Å².